The minimum atomic E-state index is -0.221. The van der Waals surface area contributed by atoms with Crippen LogP contribution in [-0.4, -0.2) is 39.8 Å². The summed E-state index contributed by atoms with van der Waals surface area (Å²) in [6.07, 6.45) is 1.05. The molecule has 1 aromatic heterocycles. The molecule has 2 rings (SSSR count). The number of carbonyl (C=O) groups is 1. The van der Waals surface area contributed by atoms with Gasteiger partial charge in [-0.3, -0.25) is 9.89 Å². The molecule has 0 spiro atoms. The molecule has 1 saturated carbocycles. The number of ether oxygens (including phenoxy) is 1. The highest BCUT2D eigenvalue weighted by Crippen LogP contribution is 2.42. The van der Waals surface area contributed by atoms with Crippen molar-refractivity contribution in [1.29, 1.82) is 0 Å². The Bertz CT molecular complexity index is 481. The number of rotatable bonds is 5. The van der Waals surface area contributed by atoms with Crippen molar-refractivity contribution in [2.75, 3.05) is 6.61 Å². The molecule has 2 unspecified atom stereocenters. The number of hydrogen-bond acceptors (Lipinski definition) is 4. The average molecular weight is 280 g/mol. The summed E-state index contributed by atoms with van der Waals surface area (Å²) in [5, 5.41) is 9.77. The smallest absolute Gasteiger partial charge is 0.291 e. The largest absolute Gasteiger partial charge is 0.378 e. The molecule has 2 atom stereocenters. The first kappa shape index (κ1) is 15.0. The van der Waals surface area contributed by atoms with Gasteiger partial charge in [0.2, 0.25) is 5.82 Å². The number of nitrogens with zero attached hydrogens (tertiary/aromatic N) is 2. The standard InChI is InChI=1S/C14H24N4O2/c1-6-20-10-7-9(14(10,4)5)15-13(19)12-16-11(8(2)3)17-18-12/h8-10H,6-7H2,1-5H3,(H,15,19)(H,16,17,18). The van der Waals surface area contributed by atoms with Crippen LogP contribution >= 0.6 is 0 Å². The summed E-state index contributed by atoms with van der Waals surface area (Å²) in [5.41, 5.74) is -0.0527. The lowest BCUT2D eigenvalue weighted by molar-refractivity contribution is -0.111. The maximum absolute atomic E-state index is 12.1. The van der Waals surface area contributed by atoms with Crippen LogP contribution in [0, 0.1) is 5.41 Å². The molecular formula is C14H24N4O2. The monoisotopic (exact) mass is 280 g/mol. The quantitative estimate of drug-likeness (QED) is 0.862. The van der Waals surface area contributed by atoms with Gasteiger partial charge in [-0.05, 0) is 13.3 Å². The normalized spacial score (nSPS) is 24.5. The molecule has 0 saturated heterocycles. The second-order valence-electron chi connectivity index (χ2n) is 6.23. The number of aromatic nitrogens is 3. The van der Waals surface area contributed by atoms with Crippen LogP contribution in [0.25, 0.3) is 0 Å². The molecule has 1 heterocycles. The zero-order valence-electron chi connectivity index (χ0n) is 12.9. The van der Waals surface area contributed by atoms with Crippen molar-refractivity contribution in [3.63, 3.8) is 0 Å². The highest BCUT2D eigenvalue weighted by molar-refractivity contribution is 5.90. The van der Waals surface area contributed by atoms with E-state index in [1.54, 1.807) is 0 Å². The van der Waals surface area contributed by atoms with Gasteiger partial charge in [-0.1, -0.05) is 27.7 Å². The Balaban J connectivity index is 1.95. The van der Waals surface area contributed by atoms with Crippen LogP contribution in [0.2, 0.25) is 0 Å². The number of amides is 1. The number of nitrogens with one attached hydrogen (secondary N) is 2. The van der Waals surface area contributed by atoms with Crippen LogP contribution in [0.15, 0.2) is 0 Å². The molecule has 6 nitrogen and oxygen atoms in total. The Morgan fingerprint density at radius 3 is 2.75 bits per heavy atom. The summed E-state index contributed by atoms with van der Waals surface area (Å²) in [5.74, 6) is 0.951. The average Bonchev–Trinajstić information content (AvgIpc) is 2.87. The summed E-state index contributed by atoms with van der Waals surface area (Å²) in [7, 11) is 0. The summed E-state index contributed by atoms with van der Waals surface area (Å²) in [4.78, 5) is 16.4. The molecule has 1 aliphatic carbocycles. The molecule has 112 valence electrons. The molecule has 1 amide bonds. The molecule has 1 aromatic rings. The van der Waals surface area contributed by atoms with Crippen molar-refractivity contribution in [2.24, 2.45) is 5.41 Å². The first-order valence-corrected chi connectivity index (χ1v) is 7.21. The second kappa shape index (κ2) is 5.52. The van der Waals surface area contributed by atoms with E-state index in [2.05, 4.69) is 34.3 Å². The Morgan fingerprint density at radius 1 is 1.55 bits per heavy atom. The first-order chi connectivity index (χ1) is 9.36. The van der Waals surface area contributed by atoms with Crippen LogP contribution < -0.4 is 5.32 Å². The van der Waals surface area contributed by atoms with E-state index in [4.69, 9.17) is 4.74 Å². The Morgan fingerprint density at radius 2 is 2.25 bits per heavy atom. The molecule has 0 aromatic carbocycles. The van der Waals surface area contributed by atoms with Gasteiger partial charge >= 0.3 is 0 Å². The van der Waals surface area contributed by atoms with Crippen molar-refractivity contribution in [2.45, 2.75) is 59.1 Å². The van der Waals surface area contributed by atoms with Crippen molar-refractivity contribution >= 4 is 5.91 Å². The zero-order valence-corrected chi connectivity index (χ0v) is 12.9. The van der Waals surface area contributed by atoms with Crippen LogP contribution in [0.5, 0.6) is 0 Å². The maximum atomic E-state index is 12.1. The van der Waals surface area contributed by atoms with Crippen LogP contribution in [0.4, 0.5) is 0 Å². The van der Waals surface area contributed by atoms with Gasteiger partial charge in [0.1, 0.15) is 5.82 Å². The number of carbonyl (C=O) groups excluding carboxylic acids is 1. The minimum Gasteiger partial charge on any atom is -0.378 e. The molecule has 20 heavy (non-hydrogen) atoms. The molecule has 2 N–H and O–H groups in total. The topological polar surface area (TPSA) is 79.9 Å². The van der Waals surface area contributed by atoms with E-state index in [0.717, 1.165) is 12.2 Å². The fraction of sp³-hybridized carbons (Fsp3) is 0.786. The predicted molar refractivity (Wildman–Crippen MR) is 75.5 cm³/mol. The molecule has 0 radical (unpaired) electrons. The molecule has 0 aliphatic heterocycles. The van der Waals surface area contributed by atoms with E-state index in [1.807, 2.05) is 20.8 Å². The molecule has 6 heteroatoms. The molecule has 0 bridgehead atoms. The van der Waals surface area contributed by atoms with Gasteiger partial charge < -0.3 is 10.1 Å². The van der Waals surface area contributed by atoms with Gasteiger partial charge in [0, 0.05) is 24.0 Å². The summed E-state index contributed by atoms with van der Waals surface area (Å²) < 4.78 is 5.66. The SMILES string of the molecule is CCOC1CC(NC(=O)c2n[nH]c(C(C)C)n2)C1(C)C. The highest BCUT2D eigenvalue weighted by Gasteiger charge is 2.49. The lowest BCUT2D eigenvalue weighted by Gasteiger charge is -2.51. The van der Waals surface area contributed by atoms with E-state index in [1.165, 1.54) is 0 Å². The third-order valence-electron chi connectivity index (χ3n) is 4.10. The maximum Gasteiger partial charge on any atom is 0.291 e. The van der Waals surface area contributed by atoms with Crippen molar-refractivity contribution in [1.82, 2.24) is 20.5 Å². The third-order valence-corrected chi connectivity index (χ3v) is 4.10. The minimum absolute atomic E-state index is 0.0527. The van der Waals surface area contributed by atoms with E-state index >= 15 is 0 Å². The summed E-state index contributed by atoms with van der Waals surface area (Å²) >= 11 is 0. The number of H-pyrrole nitrogens is 1. The third kappa shape index (κ3) is 2.70. The highest BCUT2D eigenvalue weighted by atomic mass is 16.5. The predicted octanol–water partition coefficient (Wildman–Crippen LogP) is 1.86. The second-order valence-corrected chi connectivity index (χ2v) is 6.23. The zero-order chi connectivity index (χ0) is 14.9. The number of aromatic amines is 1. The number of hydrogen-bond donors (Lipinski definition) is 2. The first-order valence-electron chi connectivity index (χ1n) is 7.21. The molecule has 1 aliphatic rings. The van der Waals surface area contributed by atoms with E-state index in [9.17, 15) is 4.79 Å². The van der Waals surface area contributed by atoms with E-state index < -0.39 is 0 Å². The Labute approximate surface area is 119 Å². The van der Waals surface area contributed by atoms with Gasteiger partial charge in [0.25, 0.3) is 5.91 Å². The van der Waals surface area contributed by atoms with Crippen molar-refractivity contribution in [3.8, 4) is 0 Å². The van der Waals surface area contributed by atoms with Crippen LogP contribution in [0.1, 0.15) is 63.4 Å². The van der Waals surface area contributed by atoms with E-state index in [-0.39, 0.29) is 35.2 Å². The summed E-state index contributed by atoms with van der Waals surface area (Å²) in [6, 6.07) is 0.104. The molecular weight excluding hydrogens is 256 g/mol. The lowest BCUT2D eigenvalue weighted by Crippen LogP contribution is -2.62. The van der Waals surface area contributed by atoms with Crippen molar-refractivity contribution < 1.29 is 9.53 Å². The van der Waals surface area contributed by atoms with Crippen LogP contribution in [0.3, 0.4) is 0 Å². The fourth-order valence-electron chi connectivity index (χ4n) is 2.47. The van der Waals surface area contributed by atoms with Crippen LogP contribution in [-0.2, 0) is 4.74 Å². The Hall–Kier alpha value is -1.43. The van der Waals surface area contributed by atoms with Gasteiger partial charge in [-0.15, -0.1) is 5.10 Å². The summed E-state index contributed by atoms with van der Waals surface area (Å²) in [6.45, 7) is 10.9. The molecule has 1 fully saturated rings. The van der Waals surface area contributed by atoms with E-state index in [0.29, 0.717) is 6.61 Å². The van der Waals surface area contributed by atoms with Gasteiger partial charge in [-0.2, -0.15) is 0 Å². The lowest BCUT2D eigenvalue weighted by atomic mass is 9.64. The van der Waals surface area contributed by atoms with Gasteiger partial charge in [-0.25, -0.2) is 4.98 Å². The van der Waals surface area contributed by atoms with Crippen molar-refractivity contribution in [3.05, 3.63) is 11.6 Å². The fourth-order valence-corrected chi connectivity index (χ4v) is 2.47. The van der Waals surface area contributed by atoms with Gasteiger partial charge in [0.05, 0.1) is 6.10 Å². The Kier molecular flexibility index (Phi) is 4.13. The van der Waals surface area contributed by atoms with Gasteiger partial charge in [0.15, 0.2) is 0 Å².